The highest BCUT2D eigenvalue weighted by Gasteiger charge is 2.08. The zero-order valence-electron chi connectivity index (χ0n) is 9.11. The van der Waals surface area contributed by atoms with Gasteiger partial charge in [0.25, 0.3) is 5.91 Å². The van der Waals surface area contributed by atoms with Gasteiger partial charge in [0.15, 0.2) is 0 Å². The first-order valence-electron chi connectivity index (χ1n) is 4.95. The largest absolute Gasteiger partial charge is 0.346 e. The van der Waals surface area contributed by atoms with E-state index in [0.717, 1.165) is 15.0 Å². The van der Waals surface area contributed by atoms with Gasteiger partial charge in [0.05, 0.1) is 17.7 Å². The van der Waals surface area contributed by atoms with Crippen LogP contribution in [0.25, 0.3) is 0 Å². The summed E-state index contributed by atoms with van der Waals surface area (Å²) in [4.78, 5) is 21.0. The molecule has 2 heterocycles. The Morgan fingerprint density at radius 1 is 1.47 bits per heavy atom. The number of aryl methyl sites for hydroxylation is 1. The van der Waals surface area contributed by atoms with E-state index in [4.69, 9.17) is 0 Å². The summed E-state index contributed by atoms with van der Waals surface area (Å²) in [5.74, 6) is -0.176. The summed E-state index contributed by atoms with van der Waals surface area (Å²) < 4.78 is 0.854. The van der Waals surface area contributed by atoms with Crippen molar-refractivity contribution in [3.8, 4) is 0 Å². The normalized spacial score (nSPS) is 10.2. The second kappa shape index (κ2) is 5.37. The molecule has 0 radical (unpaired) electrons. The fourth-order valence-electron chi connectivity index (χ4n) is 1.26. The van der Waals surface area contributed by atoms with Gasteiger partial charge in [0.1, 0.15) is 5.69 Å². The smallest absolute Gasteiger partial charge is 0.270 e. The number of pyridine rings is 1. The van der Waals surface area contributed by atoms with Gasteiger partial charge in [-0.15, -0.1) is 11.3 Å². The lowest BCUT2D eigenvalue weighted by molar-refractivity contribution is 0.0946. The van der Waals surface area contributed by atoms with Crippen LogP contribution >= 0.6 is 27.3 Å². The zero-order valence-corrected chi connectivity index (χ0v) is 11.5. The van der Waals surface area contributed by atoms with Gasteiger partial charge in [-0.05, 0) is 35.0 Å². The van der Waals surface area contributed by atoms with Crippen LogP contribution < -0.4 is 5.32 Å². The number of nitrogens with one attached hydrogen (secondary N) is 1. The third kappa shape index (κ3) is 3.10. The van der Waals surface area contributed by atoms with Gasteiger partial charge < -0.3 is 5.32 Å². The van der Waals surface area contributed by atoms with Crippen LogP contribution in [0.3, 0.4) is 0 Å². The van der Waals surface area contributed by atoms with Crippen molar-refractivity contribution in [1.29, 1.82) is 0 Å². The average molecular weight is 312 g/mol. The maximum atomic E-state index is 11.8. The molecule has 0 aliphatic heterocycles. The quantitative estimate of drug-likeness (QED) is 0.947. The Balaban J connectivity index is 1.98. The van der Waals surface area contributed by atoms with Crippen LogP contribution in [0.1, 0.15) is 21.1 Å². The number of rotatable bonds is 3. The standard InChI is InChI=1S/C11H10BrN3OS/c1-7-10(17-6-15-7)5-14-11(16)9-3-2-8(12)4-13-9/h2-4,6H,5H2,1H3,(H,14,16). The summed E-state index contributed by atoms with van der Waals surface area (Å²) in [7, 11) is 0. The first kappa shape index (κ1) is 12.2. The lowest BCUT2D eigenvalue weighted by Crippen LogP contribution is -2.23. The molecule has 2 rings (SSSR count). The predicted octanol–water partition coefficient (Wildman–Crippen LogP) is 2.54. The molecule has 0 fully saturated rings. The molecule has 0 aliphatic carbocycles. The number of carbonyl (C=O) groups is 1. The molecule has 0 saturated carbocycles. The molecule has 1 N–H and O–H groups in total. The molecule has 1 amide bonds. The molecule has 0 saturated heterocycles. The number of aromatic nitrogens is 2. The van der Waals surface area contributed by atoms with Crippen LogP contribution in [0.5, 0.6) is 0 Å². The van der Waals surface area contributed by atoms with Crippen molar-refractivity contribution in [3.63, 3.8) is 0 Å². The lowest BCUT2D eigenvalue weighted by atomic mass is 10.3. The molecule has 17 heavy (non-hydrogen) atoms. The second-order valence-electron chi connectivity index (χ2n) is 3.41. The Morgan fingerprint density at radius 2 is 2.29 bits per heavy atom. The minimum atomic E-state index is -0.176. The topological polar surface area (TPSA) is 54.9 Å². The summed E-state index contributed by atoms with van der Waals surface area (Å²) in [5, 5.41) is 2.82. The number of thiazole rings is 1. The first-order valence-corrected chi connectivity index (χ1v) is 6.63. The Kier molecular flexibility index (Phi) is 3.86. The highest BCUT2D eigenvalue weighted by atomic mass is 79.9. The van der Waals surface area contributed by atoms with Crippen molar-refractivity contribution < 1.29 is 4.79 Å². The second-order valence-corrected chi connectivity index (χ2v) is 5.26. The van der Waals surface area contributed by atoms with Crippen molar-refractivity contribution in [2.75, 3.05) is 0 Å². The molecule has 6 heteroatoms. The maximum absolute atomic E-state index is 11.8. The van der Waals surface area contributed by atoms with Crippen LogP contribution in [0.15, 0.2) is 28.3 Å². The van der Waals surface area contributed by atoms with Crippen molar-refractivity contribution in [3.05, 3.63) is 44.6 Å². The first-order chi connectivity index (χ1) is 8.16. The van der Waals surface area contributed by atoms with Gasteiger partial charge in [0.2, 0.25) is 0 Å². The van der Waals surface area contributed by atoms with Crippen LogP contribution in [0.4, 0.5) is 0 Å². The molecular formula is C11H10BrN3OS. The SMILES string of the molecule is Cc1ncsc1CNC(=O)c1ccc(Br)cn1. The van der Waals surface area contributed by atoms with Gasteiger partial charge >= 0.3 is 0 Å². The minimum absolute atomic E-state index is 0.176. The number of hydrogen-bond donors (Lipinski definition) is 1. The van der Waals surface area contributed by atoms with Gasteiger partial charge in [-0.25, -0.2) is 9.97 Å². The van der Waals surface area contributed by atoms with E-state index in [-0.39, 0.29) is 5.91 Å². The lowest BCUT2D eigenvalue weighted by Gasteiger charge is -2.03. The molecule has 0 unspecified atom stereocenters. The van der Waals surface area contributed by atoms with Crippen molar-refractivity contribution >= 4 is 33.2 Å². The number of carbonyl (C=O) groups excluding carboxylic acids is 1. The van der Waals surface area contributed by atoms with Crippen molar-refractivity contribution in [2.45, 2.75) is 13.5 Å². The molecule has 2 aromatic rings. The van der Waals surface area contributed by atoms with E-state index in [1.165, 1.54) is 11.3 Å². The third-order valence-corrected chi connectivity index (χ3v) is 3.62. The summed E-state index contributed by atoms with van der Waals surface area (Å²) in [6, 6.07) is 3.47. The number of nitrogens with zero attached hydrogens (tertiary/aromatic N) is 2. The van der Waals surface area contributed by atoms with Crippen LogP contribution in [-0.4, -0.2) is 15.9 Å². The molecule has 0 bridgehead atoms. The van der Waals surface area contributed by atoms with E-state index < -0.39 is 0 Å². The van der Waals surface area contributed by atoms with Crippen molar-refractivity contribution in [1.82, 2.24) is 15.3 Å². The Hall–Kier alpha value is -1.27. The summed E-state index contributed by atoms with van der Waals surface area (Å²) in [6.07, 6.45) is 1.60. The van der Waals surface area contributed by atoms with E-state index in [9.17, 15) is 4.79 Å². The average Bonchev–Trinajstić information content (AvgIpc) is 2.73. The summed E-state index contributed by atoms with van der Waals surface area (Å²) in [5.41, 5.74) is 3.14. The van der Waals surface area contributed by atoms with E-state index in [2.05, 4.69) is 31.2 Å². The Morgan fingerprint density at radius 3 is 2.88 bits per heavy atom. The van der Waals surface area contributed by atoms with E-state index >= 15 is 0 Å². The van der Waals surface area contributed by atoms with E-state index in [0.29, 0.717) is 12.2 Å². The Bertz CT molecular complexity index is 524. The minimum Gasteiger partial charge on any atom is -0.346 e. The fourth-order valence-corrected chi connectivity index (χ4v) is 2.21. The van der Waals surface area contributed by atoms with Crippen LogP contribution in [-0.2, 0) is 6.54 Å². The molecule has 4 nitrogen and oxygen atoms in total. The van der Waals surface area contributed by atoms with Gasteiger partial charge in [-0.1, -0.05) is 0 Å². The van der Waals surface area contributed by atoms with E-state index in [1.54, 1.807) is 23.8 Å². The number of hydrogen-bond acceptors (Lipinski definition) is 4. The van der Waals surface area contributed by atoms with Crippen LogP contribution in [0, 0.1) is 6.92 Å². The van der Waals surface area contributed by atoms with Crippen molar-refractivity contribution in [2.24, 2.45) is 0 Å². The maximum Gasteiger partial charge on any atom is 0.270 e. The molecule has 0 spiro atoms. The van der Waals surface area contributed by atoms with Gasteiger partial charge in [0, 0.05) is 15.5 Å². The molecule has 0 atom stereocenters. The highest BCUT2D eigenvalue weighted by molar-refractivity contribution is 9.10. The molecule has 0 aromatic carbocycles. The van der Waals surface area contributed by atoms with Gasteiger partial charge in [-0.3, -0.25) is 4.79 Å². The summed E-state index contributed by atoms with van der Waals surface area (Å²) >= 11 is 4.81. The molecule has 2 aromatic heterocycles. The molecule has 0 aliphatic rings. The fraction of sp³-hybridized carbons (Fsp3) is 0.182. The molecule has 88 valence electrons. The monoisotopic (exact) mass is 311 g/mol. The number of amides is 1. The summed E-state index contributed by atoms with van der Waals surface area (Å²) in [6.45, 7) is 2.42. The van der Waals surface area contributed by atoms with Crippen LogP contribution in [0.2, 0.25) is 0 Å². The highest BCUT2D eigenvalue weighted by Crippen LogP contribution is 2.12. The van der Waals surface area contributed by atoms with Gasteiger partial charge in [-0.2, -0.15) is 0 Å². The predicted molar refractivity (Wildman–Crippen MR) is 70.0 cm³/mol. The van der Waals surface area contributed by atoms with E-state index in [1.807, 2.05) is 6.92 Å². The molecular weight excluding hydrogens is 302 g/mol. The zero-order chi connectivity index (χ0) is 12.3. The number of halogens is 1. The third-order valence-electron chi connectivity index (χ3n) is 2.21. The Labute approximate surface area is 111 Å².